The fourth-order valence-corrected chi connectivity index (χ4v) is 2.76. The summed E-state index contributed by atoms with van der Waals surface area (Å²) in [5, 5.41) is 8.73. The molecule has 1 rings (SSSR count). The lowest BCUT2D eigenvalue weighted by Gasteiger charge is -2.12. The Hall–Kier alpha value is -1.59. The molecular formula is C11H11F3N2O2S. The molecule has 8 heteroatoms. The van der Waals surface area contributed by atoms with Crippen molar-refractivity contribution in [2.75, 3.05) is 0 Å². The van der Waals surface area contributed by atoms with E-state index in [0.717, 1.165) is 0 Å². The van der Waals surface area contributed by atoms with Crippen LogP contribution in [0.5, 0.6) is 0 Å². The number of nitriles is 1. The first-order valence-corrected chi connectivity index (χ1v) is 6.86. The molecule has 1 N–H and O–H groups in total. The van der Waals surface area contributed by atoms with Gasteiger partial charge < -0.3 is 0 Å². The van der Waals surface area contributed by atoms with Gasteiger partial charge in [0.1, 0.15) is 23.5 Å². The summed E-state index contributed by atoms with van der Waals surface area (Å²) in [4.78, 5) is -1.29. The Morgan fingerprint density at radius 2 is 1.84 bits per heavy atom. The van der Waals surface area contributed by atoms with Crippen LogP contribution in [0.25, 0.3) is 0 Å². The average molecular weight is 292 g/mol. The second-order valence-corrected chi connectivity index (χ2v) is 5.44. The number of nitrogens with zero attached hydrogens (tertiary/aromatic N) is 1. The zero-order valence-electron chi connectivity index (χ0n) is 9.95. The predicted octanol–water partition coefficient (Wildman–Crippen LogP) is 2.07. The number of halogens is 3. The highest BCUT2D eigenvalue weighted by atomic mass is 32.2. The van der Waals surface area contributed by atoms with Crippen LogP contribution in [0.1, 0.15) is 19.8 Å². The van der Waals surface area contributed by atoms with Crippen molar-refractivity contribution >= 4 is 10.0 Å². The van der Waals surface area contributed by atoms with E-state index >= 15 is 0 Å². The summed E-state index contributed by atoms with van der Waals surface area (Å²) in [6.45, 7) is 1.72. The Kier molecular flexibility index (Phi) is 4.91. The van der Waals surface area contributed by atoms with Gasteiger partial charge in [0, 0.05) is 12.1 Å². The summed E-state index contributed by atoms with van der Waals surface area (Å²) < 4.78 is 64.8. The zero-order chi connectivity index (χ0) is 14.6. The van der Waals surface area contributed by atoms with Gasteiger partial charge in [-0.15, -0.1) is 0 Å². The number of sulfonamides is 1. The lowest BCUT2D eigenvalue weighted by atomic mass is 10.2. The van der Waals surface area contributed by atoms with Gasteiger partial charge in [-0.3, -0.25) is 0 Å². The highest BCUT2D eigenvalue weighted by Crippen LogP contribution is 2.20. The van der Waals surface area contributed by atoms with E-state index in [1.165, 1.54) is 0 Å². The van der Waals surface area contributed by atoms with Crippen LogP contribution in [0, 0.1) is 28.8 Å². The normalized spacial score (nSPS) is 13.0. The third-order valence-electron chi connectivity index (χ3n) is 2.26. The van der Waals surface area contributed by atoms with E-state index in [4.69, 9.17) is 5.26 Å². The standard InChI is InChI=1S/C11H11F3N2O2S/c1-2-3-8(6-15)16-19(17,18)11-9(13)4-7(12)5-10(11)14/h4-5,8,16H,2-3H2,1H3. The van der Waals surface area contributed by atoms with E-state index in [1.807, 2.05) is 4.72 Å². The molecule has 0 aliphatic rings. The molecule has 0 spiro atoms. The van der Waals surface area contributed by atoms with Gasteiger partial charge in [0.25, 0.3) is 0 Å². The second-order valence-electron chi connectivity index (χ2n) is 3.79. The van der Waals surface area contributed by atoms with Crippen LogP contribution >= 0.6 is 0 Å². The third-order valence-corrected chi connectivity index (χ3v) is 3.78. The minimum absolute atomic E-state index is 0.195. The SMILES string of the molecule is CCCC(C#N)NS(=O)(=O)c1c(F)cc(F)cc1F. The van der Waals surface area contributed by atoms with Gasteiger partial charge in [-0.05, 0) is 6.42 Å². The van der Waals surface area contributed by atoms with Crippen molar-refractivity contribution in [2.45, 2.75) is 30.7 Å². The van der Waals surface area contributed by atoms with Gasteiger partial charge in [-0.2, -0.15) is 9.98 Å². The van der Waals surface area contributed by atoms with Gasteiger partial charge in [0.2, 0.25) is 10.0 Å². The van der Waals surface area contributed by atoms with E-state index in [-0.39, 0.29) is 18.6 Å². The third kappa shape index (κ3) is 3.68. The van der Waals surface area contributed by atoms with Crippen molar-refractivity contribution < 1.29 is 21.6 Å². The van der Waals surface area contributed by atoms with Crippen LogP contribution in [-0.4, -0.2) is 14.5 Å². The number of nitrogens with one attached hydrogen (secondary N) is 1. The summed E-state index contributed by atoms with van der Waals surface area (Å²) in [7, 11) is -4.56. The minimum Gasteiger partial charge on any atom is -0.207 e. The van der Waals surface area contributed by atoms with Crippen molar-refractivity contribution in [3.05, 3.63) is 29.6 Å². The van der Waals surface area contributed by atoms with Gasteiger partial charge in [0.05, 0.1) is 6.07 Å². The topological polar surface area (TPSA) is 70.0 Å². The maximum Gasteiger partial charge on any atom is 0.247 e. The maximum absolute atomic E-state index is 13.4. The average Bonchev–Trinajstić information content (AvgIpc) is 2.25. The van der Waals surface area contributed by atoms with Crippen molar-refractivity contribution in [3.63, 3.8) is 0 Å². The molecular weight excluding hydrogens is 281 g/mol. The smallest absolute Gasteiger partial charge is 0.207 e. The Morgan fingerprint density at radius 1 is 1.32 bits per heavy atom. The monoisotopic (exact) mass is 292 g/mol. The second kappa shape index (κ2) is 6.04. The van der Waals surface area contributed by atoms with Crippen LogP contribution in [0.2, 0.25) is 0 Å². The number of benzene rings is 1. The fraction of sp³-hybridized carbons (Fsp3) is 0.364. The highest BCUT2D eigenvalue weighted by molar-refractivity contribution is 7.89. The molecule has 0 aromatic heterocycles. The largest absolute Gasteiger partial charge is 0.247 e. The number of hydrogen-bond donors (Lipinski definition) is 1. The molecule has 1 unspecified atom stereocenters. The molecule has 0 aliphatic heterocycles. The van der Waals surface area contributed by atoms with Gasteiger partial charge in [-0.25, -0.2) is 21.6 Å². The van der Waals surface area contributed by atoms with Crippen LogP contribution < -0.4 is 4.72 Å². The van der Waals surface area contributed by atoms with Gasteiger partial charge in [0.15, 0.2) is 4.90 Å². The molecule has 0 amide bonds. The van der Waals surface area contributed by atoms with Crippen molar-refractivity contribution in [1.82, 2.24) is 4.72 Å². The molecule has 0 radical (unpaired) electrons. The summed E-state index contributed by atoms with van der Waals surface area (Å²) >= 11 is 0. The molecule has 0 fully saturated rings. The molecule has 0 bridgehead atoms. The molecule has 1 aromatic carbocycles. The molecule has 104 valence electrons. The number of hydrogen-bond acceptors (Lipinski definition) is 3. The Morgan fingerprint density at radius 3 is 2.26 bits per heavy atom. The quantitative estimate of drug-likeness (QED) is 0.903. The molecule has 0 aliphatic carbocycles. The molecule has 4 nitrogen and oxygen atoms in total. The van der Waals surface area contributed by atoms with Gasteiger partial charge in [-0.1, -0.05) is 13.3 Å². The van der Waals surface area contributed by atoms with Crippen LogP contribution in [0.15, 0.2) is 17.0 Å². The summed E-state index contributed by atoms with van der Waals surface area (Å²) in [6, 6.07) is 1.10. The van der Waals surface area contributed by atoms with Crippen molar-refractivity contribution in [1.29, 1.82) is 5.26 Å². The Labute approximate surface area is 108 Å². The molecule has 0 heterocycles. The van der Waals surface area contributed by atoms with E-state index in [2.05, 4.69) is 0 Å². The first-order valence-electron chi connectivity index (χ1n) is 5.38. The zero-order valence-corrected chi connectivity index (χ0v) is 10.8. The summed E-state index contributed by atoms with van der Waals surface area (Å²) in [5.41, 5.74) is 0. The molecule has 1 atom stereocenters. The summed E-state index contributed by atoms with van der Waals surface area (Å²) in [6.07, 6.45) is 0.704. The predicted molar refractivity (Wildman–Crippen MR) is 60.9 cm³/mol. The lowest BCUT2D eigenvalue weighted by Crippen LogP contribution is -2.34. The van der Waals surface area contributed by atoms with E-state index in [1.54, 1.807) is 13.0 Å². The van der Waals surface area contributed by atoms with Crippen LogP contribution in [0.3, 0.4) is 0 Å². The maximum atomic E-state index is 13.4. The van der Waals surface area contributed by atoms with Crippen molar-refractivity contribution in [3.8, 4) is 6.07 Å². The first kappa shape index (κ1) is 15.5. The van der Waals surface area contributed by atoms with Crippen molar-refractivity contribution in [2.24, 2.45) is 0 Å². The molecule has 0 saturated heterocycles. The first-order chi connectivity index (χ1) is 8.81. The lowest BCUT2D eigenvalue weighted by molar-refractivity contribution is 0.491. The van der Waals surface area contributed by atoms with Crippen LogP contribution in [-0.2, 0) is 10.0 Å². The highest BCUT2D eigenvalue weighted by Gasteiger charge is 2.27. The van der Waals surface area contributed by atoms with E-state index in [0.29, 0.717) is 6.42 Å². The van der Waals surface area contributed by atoms with E-state index < -0.39 is 38.4 Å². The molecule has 19 heavy (non-hydrogen) atoms. The van der Waals surface area contributed by atoms with E-state index in [9.17, 15) is 21.6 Å². The Bertz CT molecular complexity index is 588. The Balaban J connectivity index is 3.18. The minimum atomic E-state index is -4.56. The van der Waals surface area contributed by atoms with Crippen LogP contribution in [0.4, 0.5) is 13.2 Å². The molecule has 0 saturated carbocycles. The number of rotatable bonds is 5. The molecule has 1 aromatic rings. The van der Waals surface area contributed by atoms with Gasteiger partial charge >= 0.3 is 0 Å². The summed E-state index contributed by atoms with van der Waals surface area (Å²) in [5.74, 6) is -4.31. The fourth-order valence-electron chi connectivity index (χ4n) is 1.47.